The first-order valence-electron chi connectivity index (χ1n) is 10.7. The maximum absolute atomic E-state index is 13.7. The quantitative estimate of drug-likeness (QED) is 0.625. The number of anilines is 1. The predicted octanol–water partition coefficient (Wildman–Crippen LogP) is 1.31. The SMILES string of the molecule is COc1ccccc1CN1C(=O)[C@@H]2[C@H]([C@@H](C)O)N[C@@]3(C(=O)Nc4c(C)cccc43)[C@@H]2C1=O. The number of aryl methyl sites for hydroxylation is 1. The zero-order valence-corrected chi connectivity index (χ0v) is 18.1. The highest BCUT2D eigenvalue weighted by Crippen LogP contribution is 2.54. The van der Waals surface area contributed by atoms with E-state index < -0.39 is 41.3 Å². The number of hydrogen-bond acceptors (Lipinski definition) is 6. The van der Waals surface area contributed by atoms with Crippen LogP contribution < -0.4 is 15.4 Å². The van der Waals surface area contributed by atoms with E-state index in [1.54, 1.807) is 25.1 Å². The van der Waals surface area contributed by atoms with Crippen LogP contribution in [0.25, 0.3) is 0 Å². The zero-order valence-electron chi connectivity index (χ0n) is 18.1. The van der Waals surface area contributed by atoms with Gasteiger partial charge in [0.15, 0.2) is 0 Å². The molecule has 8 nitrogen and oxygen atoms in total. The first-order valence-corrected chi connectivity index (χ1v) is 10.7. The third-order valence-electron chi connectivity index (χ3n) is 7.03. The van der Waals surface area contributed by atoms with Crippen LogP contribution in [-0.2, 0) is 26.5 Å². The van der Waals surface area contributed by atoms with Gasteiger partial charge in [0.25, 0.3) is 0 Å². The smallest absolute Gasteiger partial charge is 0.250 e. The summed E-state index contributed by atoms with van der Waals surface area (Å²) in [5.74, 6) is -2.42. The number of carbonyl (C=O) groups excluding carboxylic acids is 3. The largest absolute Gasteiger partial charge is 0.496 e. The summed E-state index contributed by atoms with van der Waals surface area (Å²) in [4.78, 5) is 41.8. The normalized spacial score (nSPS) is 29.3. The van der Waals surface area contributed by atoms with E-state index in [0.29, 0.717) is 22.6 Å². The first-order chi connectivity index (χ1) is 15.3. The van der Waals surface area contributed by atoms with Gasteiger partial charge in [0, 0.05) is 22.9 Å². The van der Waals surface area contributed by atoms with E-state index in [-0.39, 0.29) is 12.5 Å². The molecule has 0 aromatic heterocycles. The summed E-state index contributed by atoms with van der Waals surface area (Å²) in [5, 5.41) is 16.6. The molecule has 2 fully saturated rings. The molecule has 0 unspecified atom stereocenters. The van der Waals surface area contributed by atoms with Crippen LogP contribution in [0.3, 0.4) is 0 Å². The summed E-state index contributed by atoms with van der Waals surface area (Å²) in [7, 11) is 1.53. The summed E-state index contributed by atoms with van der Waals surface area (Å²) < 4.78 is 5.38. The molecule has 3 amide bonds. The lowest BCUT2D eigenvalue weighted by Crippen LogP contribution is -2.54. The van der Waals surface area contributed by atoms with Crippen molar-refractivity contribution in [2.45, 2.75) is 38.1 Å². The molecule has 166 valence electrons. The number of amides is 3. The minimum Gasteiger partial charge on any atom is -0.496 e. The summed E-state index contributed by atoms with van der Waals surface area (Å²) in [6.45, 7) is 3.49. The number of likely N-dealkylation sites (tertiary alicyclic amines) is 1. The van der Waals surface area contributed by atoms with Crippen molar-refractivity contribution in [1.82, 2.24) is 10.2 Å². The van der Waals surface area contributed by atoms with E-state index in [9.17, 15) is 19.5 Å². The Morgan fingerprint density at radius 2 is 1.88 bits per heavy atom. The van der Waals surface area contributed by atoms with E-state index in [1.807, 2.05) is 31.2 Å². The third kappa shape index (κ3) is 2.59. The number of nitrogens with one attached hydrogen (secondary N) is 2. The van der Waals surface area contributed by atoms with E-state index >= 15 is 0 Å². The summed E-state index contributed by atoms with van der Waals surface area (Å²) in [6.07, 6.45) is -0.938. The number of carbonyl (C=O) groups is 3. The average molecular weight is 435 g/mol. The fraction of sp³-hybridized carbons (Fsp3) is 0.375. The Labute approximate surface area is 185 Å². The maximum atomic E-state index is 13.7. The highest BCUT2D eigenvalue weighted by atomic mass is 16.5. The second-order valence-corrected chi connectivity index (χ2v) is 8.75. The number of fused-ring (bicyclic) bond motifs is 4. The lowest BCUT2D eigenvalue weighted by Gasteiger charge is -2.30. The fourth-order valence-corrected chi connectivity index (χ4v) is 5.54. The molecule has 2 aromatic rings. The molecule has 8 heteroatoms. The van der Waals surface area contributed by atoms with Crippen LogP contribution in [0.5, 0.6) is 5.75 Å². The van der Waals surface area contributed by atoms with Crippen molar-refractivity contribution in [3.63, 3.8) is 0 Å². The van der Waals surface area contributed by atoms with Crippen LogP contribution in [0.2, 0.25) is 0 Å². The summed E-state index contributed by atoms with van der Waals surface area (Å²) in [5.41, 5.74) is 1.45. The van der Waals surface area contributed by atoms with Crippen LogP contribution in [-0.4, -0.2) is 47.0 Å². The number of aliphatic hydroxyl groups is 1. The van der Waals surface area contributed by atoms with Crippen LogP contribution in [0.1, 0.15) is 23.6 Å². The van der Waals surface area contributed by atoms with Gasteiger partial charge in [0.2, 0.25) is 17.7 Å². The Morgan fingerprint density at radius 3 is 2.59 bits per heavy atom. The number of methoxy groups -OCH3 is 1. The van der Waals surface area contributed by atoms with Crippen LogP contribution in [0, 0.1) is 18.8 Å². The number of nitrogens with zero attached hydrogens (tertiary/aromatic N) is 1. The monoisotopic (exact) mass is 435 g/mol. The van der Waals surface area contributed by atoms with Gasteiger partial charge in [-0.2, -0.15) is 0 Å². The van der Waals surface area contributed by atoms with Crippen LogP contribution >= 0.6 is 0 Å². The van der Waals surface area contributed by atoms with Gasteiger partial charge in [-0.3, -0.25) is 24.6 Å². The van der Waals surface area contributed by atoms with Gasteiger partial charge in [-0.1, -0.05) is 36.4 Å². The van der Waals surface area contributed by atoms with Gasteiger partial charge in [-0.05, 0) is 25.5 Å². The molecule has 0 saturated carbocycles. The number of imide groups is 1. The molecule has 3 aliphatic rings. The van der Waals surface area contributed by atoms with Gasteiger partial charge in [0.05, 0.1) is 31.6 Å². The lowest BCUT2D eigenvalue weighted by molar-refractivity contribution is -0.143. The molecule has 32 heavy (non-hydrogen) atoms. The lowest BCUT2D eigenvalue weighted by atomic mass is 9.76. The minimum absolute atomic E-state index is 0.0413. The Bertz CT molecular complexity index is 1150. The van der Waals surface area contributed by atoms with Crippen molar-refractivity contribution >= 4 is 23.4 Å². The number of benzene rings is 2. The van der Waals surface area contributed by atoms with Crippen molar-refractivity contribution in [3.05, 3.63) is 59.2 Å². The number of ether oxygens (including phenoxy) is 1. The molecule has 2 aromatic carbocycles. The van der Waals surface area contributed by atoms with Crippen molar-refractivity contribution < 1.29 is 24.2 Å². The number of rotatable bonds is 4. The van der Waals surface area contributed by atoms with Crippen molar-refractivity contribution in [1.29, 1.82) is 0 Å². The van der Waals surface area contributed by atoms with E-state index in [0.717, 1.165) is 5.56 Å². The summed E-state index contributed by atoms with van der Waals surface area (Å²) in [6, 6.07) is 12.0. The molecule has 3 heterocycles. The topological polar surface area (TPSA) is 108 Å². The van der Waals surface area contributed by atoms with Crippen molar-refractivity contribution in [2.24, 2.45) is 11.8 Å². The van der Waals surface area contributed by atoms with Gasteiger partial charge < -0.3 is 15.2 Å². The molecule has 5 rings (SSSR count). The second-order valence-electron chi connectivity index (χ2n) is 8.75. The van der Waals surface area contributed by atoms with Crippen molar-refractivity contribution in [2.75, 3.05) is 12.4 Å². The Morgan fingerprint density at radius 1 is 1.12 bits per heavy atom. The molecule has 2 saturated heterocycles. The molecular formula is C24H25N3O5. The standard InChI is InChI=1S/C24H25N3O5/c1-12-7-6-9-15-19(12)25-23(31)24(15)18-17(20(26-24)13(2)28)21(29)27(22(18)30)11-14-8-4-5-10-16(14)32-3/h4-10,13,17-18,20,26,28H,11H2,1-3H3,(H,25,31)/t13-,17+,18+,20+,24-/m1/s1. The molecule has 0 bridgehead atoms. The molecule has 0 aliphatic carbocycles. The van der Waals surface area contributed by atoms with Crippen LogP contribution in [0.15, 0.2) is 42.5 Å². The maximum Gasteiger partial charge on any atom is 0.250 e. The number of hydrogen-bond donors (Lipinski definition) is 3. The summed E-state index contributed by atoms with van der Waals surface area (Å²) >= 11 is 0. The van der Waals surface area contributed by atoms with Crippen molar-refractivity contribution in [3.8, 4) is 5.75 Å². The minimum atomic E-state index is -1.41. The Balaban J connectivity index is 1.62. The van der Waals surface area contributed by atoms with Crippen LogP contribution in [0.4, 0.5) is 5.69 Å². The molecule has 3 aliphatic heterocycles. The molecule has 0 radical (unpaired) electrons. The third-order valence-corrected chi connectivity index (χ3v) is 7.03. The highest BCUT2D eigenvalue weighted by molar-refractivity contribution is 6.15. The Kier molecular flexibility index (Phi) is 4.61. The van der Waals surface area contributed by atoms with Gasteiger partial charge in [0.1, 0.15) is 11.3 Å². The zero-order chi connectivity index (χ0) is 22.8. The highest BCUT2D eigenvalue weighted by Gasteiger charge is 2.71. The van der Waals surface area contributed by atoms with E-state index in [4.69, 9.17) is 4.74 Å². The number of para-hydroxylation sites is 2. The van der Waals surface area contributed by atoms with E-state index in [1.165, 1.54) is 12.0 Å². The van der Waals surface area contributed by atoms with Gasteiger partial charge in [-0.15, -0.1) is 0 Å². The second kappa shape index (κ2) is 7.15. The molecule has 1 spiro atoms. The number of aliphatic hydroxyl groups excluding tert-OH is 1. The molecule has 5 atom stereocenters. The Hall–Kier alpha value is -3.23. The van der Waals surface area contributed by atoms with E-state index in [2.05, 4.69) is 10.6 Å². The first kappa shape index (κ1) is 20.7. The predicted molar refractivity (Wildman–Crippen MR) is 116 cm³/mol. The molecular weight excluding hydrogens is 410 g/mol. The van der Waals surface area contributed by atoms with Gasteiger partial charge >= 0.3 is 0 Å². The molecule has 3 N–H and O–H groups in total. The fourth-order valence-electron chi connectivity index (χ4n) is 5.54. The average Bonchev–Trinajstić information content (AvgIpc) is 3.36. The van der Waals surface area contributed by atoms with Gasteiger partial charge in [-0.25, -0.2) is 0 Å².